The highest BCUT2D eigenvalue weighted by atomic mass is 32.1. The van der Waals surface area contributed by atoms with E-state index in [4.69, 9.17) is 5.73 Å². The molecule has 150 valence electrons. The first kappa shape index (κ1) is 21.3. The standard InChI is InChI=1S/C16H15F7N2OS/c1-7-3-10(14(17,15(18,19)20)16(21,22)23)4-8(2)12(7)25-13(26)9-5-11(24)27-6-9/h3,5-6,8H,4,24H2,1-2H3,(H,25,26). The van der Waals surface area contributed by atoms with Gasteiger partial charge in [-0.3, -0.25) is 4.79 Å². The van der Waals surface area contributed by atoms with Crippen LogP contribution >= 0.6 is 11.3 Å². The maximum atomic E-state index is 14.3. The van der Waals surface area contributed by atoms with Gasteiger partial charge in [0, 0.05) is 17.0 Å². The minimum absolute atomic E-state index is 0.0872. The molecule has 0 spiro atoms. The van der Waals surface area contributed by atoms with Gasteiger partial charge in [0.2, 0.25) is 0 Å². The van der Waals surface area contributed by atoms with E-state index < -0.39 is 41.8 Å². The first-order chi connectivity index (χ1) is 12.2. The summed E-state index contributed by atoms with van der Waals surface area (Å²) in [6.07, 6.45) is -12.7. The maximum absolute atomic E-state index is 14.3. The van der Waals surface area contributed by atoms with Crippen LogP contribution in [0.15, 0.2) is 34.4 Å². The number of carbonyl (C=O) groups is 1. The van der Waals surface area contributed by atoms with E-state index in [1.54, 1.807) is 0 Å². The number of hydrogen-bond donors (Lipinski definition) is 2. The van der Waals surface area contributed by atoms with Crippen LogP contribution in [0.5, 0.6) is 0 Å². The van der Waals surface area contributed by atoms with Crippen molar-refractivity contribution in [3.8, 4) is 0 Å². The Labute approximate surface area is 153 Å². The Balaban J connectivity index is 2.42. The Morgan fingerprint density at radius 3 is 2.15 bits per heavy atom. The van der Waals surface area contributed by atoms with Gasteiger partial charge in [-0.05, 0) is 30.6 Å². The van der Waals surface area contributed by atoms with E-state index in [1.165, 1.54) is 25.3 Å². The third-order valence-electron chi connectivity index (χ3n) is 4.19. The van der Waals surface area contributed by atoms with Crippen molar-refractivity contribution in [3.05, 3.63) is 39.9 Å². The quantitative estimate of drug-likeness (QED) is 0.671. The van der Waals surface area contributed by atoms with E-state index >= 15 is 0 Å². The molecule has 3 N–H and O–H groups in total. The van der Waals surface area contributed by atoms with Crippen molar-refractivity contribution in [2.45, 2.75) is 38.3 Å². The molecule has 1 amide bonds. The summed E-state index contributed by atoms with van der Waals surface area (Å²) in [5, 5.41) is 4.28. The van der Waals surface area contributed by atoms with E-state index in [0.717, 1.165) is 11.3 Å². The van der Waals surface area contributed by atoms with Gasteiger partial charge in [-0.15, -0.1) is 11.3 Å². The lowest BCUT2D eigenvalue weighted by Crippen LogP contribution is -2.55. The molecular weight excluding hydrogens is 401 g/mol. The number of hydrogen-bond acceptors (Lipinski definition) is 3. The first-order valence-corrected chi connectivity index (χ1v) is 8.46. The summed E-state index contributed by atoms with van der Waals surface area (Å²) in [5.74, 6) is -1.58. The predicted molar refractivity (Wildman–Crippen MR) is 86.7 cm³/mol. The second-order valence-corrected chi connectivity index (χ2v) is 7.16. The minimum Gasteiger partial charge on any atom is -0.391 e. The number of allylic oxidation sites excluding steroid dienone is 4. The Bertz CT molecular complexity index is 790. The average Bonchev–Trinajstić information content (AvgIpc) is 2.94. The molecule has 1 unspecified atom stereocenters. The van der Waals surface area contributed by atoms with Gasteiger partial charge in [-0.25, -0.2) is 4.39 Å². The number of rotatable bonds is 3. The van der Waals surface area contributed by atoms with Gasteiger partial charge in [-0.2, -0.15) is 26.3 Å². The molecule has 0 radical (unpaired) electrons. The topological polar surface area (TPSA) is 55.1 Å². The number of alkyl halides is 7. The molecule has 0 saturated heterocycles. The molecule has 1 aliphatic rings. The van der Waals surface area contributed by atoms with Crippen LogP contribution in [0.1, 0.15) is 30.6 Å². The van der Waals surface area contributed by atoms with E-state index in [9.17, 15) is 35.5 Å². The molecule has 1 heterocycles. The van der Waals surface area contributed by atoms with Crippen molar-refractivity contribution >= 4 is 22.2 Å². The molecule has 11 heteroatoms. The number of halogens is 7. The molecule has 0 bridgehead atoms. The largest absolute Gasteiger partial charge is 0.435 e. The molecule has 3 nitrogen and oxygen atoms in total. The summed E-state index contributed by atoms with van der Waals surface area (Å²) < 4.78 is 91.9. The third kappa shape index (κ3) is 3.83. The zero-order valence-electron chi connectivity index (χ0n) is 14.1. The number of nitrogens with two attached hydrogens (primary N) is 1. The lowest BCUT2D eigenvalue weighted by molar-refractivity contribution is -0.327. The van der Waals surface area contributed by atoms with Gasteiger partial charge in [0.15, 0.2) is 0 Å². The Hall–Kier alpha value is -2.04. The molecular formula is C16H15F7N2OS. The second kappa shape index (κ2) is 6.84. The number of amides is 1. The third-order valence-corrected chi connectivity index (χ3v) is 4.95. The average molecular weight is 416 g/mol. The number of anilines is 1. The highest BCUT2D eigenvalue weighted by Gasteiger charge is 2.74. The number of thiophene rings is 1. The zero-order valence-corrected chi connectivity index (χ0v) is 14.9. The molecule has 2 rings (SSSR count). The fourth-order valence-electron chi connectivity index (χ4n) is 2.87. The molecule has 0 aromatic carbocycles. The van der Waals surface area contributed by atoms with Crippen molar-refractivity contribution in [2.24, 2.45) is 5.92 Å². The number of nitrogen functional groups attached to an aromatic ring is 1. The smallest absolute Gasteiger partial charge is 0.391 e. The van der Waals surface area contributed by atoms with Crippen molar-refractivity contribution in [1.29, 1.82) is 0 Å². The van der Waals surface area contributed by atoms with Crippen LogP contribution in [-0.4, -0.2) is 23.9 Å². The van der Waals surface area contributed by atoms with Crippen LogP contribution < -0.4 is 11.1 Å². The predicted octanol–water partition coefficient (Wildman–Crippen LogP) is 5.13. The van der Waals surface area contributed by atoms with Crippen LogP contribution in [0.4, 0.5) is 35.7 Å². The van der Waals surface area contributed by atoms with Gasteiger partial charge in [0.1, 0.15) is 0 Å². The van der Waals surface area contributed by atoms with Crippen molar-refractivity contribution in [3.63, 3.8) is 0 Å². The van der Waals surface area contributed by atoms with Gasteiger partial charge in [-0.1, -0.05) is 13.0 Å². The molecule has 27 heavy (non-hydrogen) atoms. The SMILES string of the molecule is CC1=C(NC(=O)c2csc(N)c2)C(C)CC(C(F)(C(F)(F)F)C(F)(F)F)=C1. The maximum Gasteiger partial charge on any atom is 0.435 e. The van der Waals surface area contributed by atoms with E-state index in [0.29, 0.717) is 11.1 Å². The first-order valence-electron chi connectivity index (χ1n) is 7.58. The Morgan fingerprint density at radius 1 is 1.19 bits per heavy atom. The highest BCUT2D eigenvalue weighted by Crippen LogP contribution is 2.53. The van der Waals surface area contributed by atoms with Crippen molar-refractivity contribution < 1.29 is 35.5 Å². The van der Waals surface area contributed by atoms with Crippen LogP contribution in [0.3, 0.4) is 0 Å². The lowest BCUT2D eigenvalue weighted by atomic mass is 9.80. The monoisotopic (exact) mass is 416 g/mol. The molecule has 0 saturated carbocycles. The lowest BCUT2D eigenvalue weighted by Gasteiger charge is -2.36. The van der Waals surface area contributed by atoms with E-state index in [-0.39, 0.29) is 16.8 Å². The summed E-state index contributed by atoms with van der Waals surface area (Å²) in [6.45, 7) is 2.52. The summed E-state index contributed by atoms with van der Waals surface area (Å²) >= 11 is 1.09. The molecule has 1 atom stereocenters. The molecule has 0 fully saturated rings. The summed E-state index contributed by atoms with van der Waals surface area (Å²) in [5.41, 5.74) is -1.14. The molecule has 1 aliphatic carbocycles. The highest BCUT2D eigenvalue weighted by molar-refractivity contribution is 7.14. The van der Waals surface area contributed by atoms with Crippen LogP contribution in [0, 0.1) is 5.92 Å². The fourth-order valence-corrected chi connectivity index (χ4v) is 3.50. The van der Waals surface area contributed by atoms with E-state index in [2.05, 4.69) is 5.32 Å². The number of nitrogens with one attached hydrogen (secondary N) is 1. The van der Waals surface area contributed by atoms with Gasteiger partial charge < -0.3 is 11.1 Å². The van der Waals surface area contributed by atoms with Gasteiger partial charge >= 0.3 is 18.0 Å². The molecule has 1 aromatic heterocycles. The van der Waals surface area contributed by atoms with Crippen molar-refractivity contribution in [1.82, 2.24) is 5.32 Å². The fraction of sp³-hybridized carbons (Fsp3) is 0.438. The van der Waals surface area contributed by atoms with E-state index in [1.807, 2.05) is 0 Å². The Morgan fingerprint density at radius 2 is 1.74 bits per heavy atom. The summed E-state index contributed by atoms with van der Waals surface area (Å²) in [7, 11) is 0. The molecule has 1 aromatic rings. The zero-order chi connectivity index (χ0) is 20.8. The minimum atomic E-state index is -6.16. The van der Waals surface area contributed by atoms with Gasteiger partial charge in [0.25, 0.3) is 5.91 Å². The van der Waals surface area contributed by atoms with Crippen LogP contribution in [0.2, 0.25) is 0 Å². The van der Waals surface area contributed by atoms with Crippen LogP contribution in [0.25, 0.3) is 0 Å². The Kier molecular flexibility index (Phi) is 5.39. The second-order valence-electron chi connectivity index (χ2n) is 6.22. The normalized spacial score (nSPS) is 19.1. The van der Waals surface area contributed by atoms with Crippen molar-refractivity contribution in [2.75, 3.05) is 5.73 Å². The molecule has 0 aliphatic heterocycles. The van der Waals surface area contributed by atoms with Gasteiger partial charge in [0.05, 0.1) is 10.6 Å². The number of carbonyl (C=O) groups excluding carboxylic acids is 1. The summed E-state index contributed by atoms with van der Waals surface area (Å²) in [6, 6.07) is 1.38. The van der Waals surface area contributed by atoms with Crippen LogP contribution in [-0.2, 0) is 0 Å². The summed E-state index contributed by atoms with van der Waals surface area (Å²) in [4.78, 5) is 12.2.